The van der Waals surface area contributed by atoms with E-state index in [1.54, 1.807) is 0 Å². The largest absolute Gasteiger partial charge is 0.481 e. The predicted molar refractivity (Wildman–Crippen MR) is 46.5 cm³/mol. The van der Waals surface area contributed by atoms with E-state index in [4.69, 9.17) is 15.9 Å². The average molecular weight is 199 g/mol. The van der Waals surface area contributed by atoms with Crippen LogP contribution in [0.2, 0.25) is 0 Å². The van der Waals surface area contributed by atoms with Gasteiger partial charge in [0.15, 0.2) is 0 Å². The Bertz CT molecular complexity index is 303. The molecule has 0 spiro atoms. The number of nitrogens with two attached hydrogens (primary N) is 1. The molecule has 0 aromatic carbocycles. The van der Waals surface area contributed by atoms with E-state index in [0.717, 1.165) is 6.42 Å². The Morgan fingerprint density at radius 2 is 1.93 bits per heavy atom. The van der Waals surface area contributed by atoms with E-state index in [1.165, 1.54) is 0 Å². The van der Waals surface area contributed by atoms with Crippen molar-refractivity contribution in [1.82, 2.24) is 0 Å². The molecule has 2 saturated carbocycles. The summed E-state index contributed by atoms with van der Waals surface area (Å²) in [5, 5.41) is 17.9. The Labute approximate surface area is 80.9 Å². The van der Waals surface area contributed by atoms with Crippen molar-refractivity contribution in [1.29, 1.82) is 0 Å². The quantitative estimate of drug-likeness (QED) is 0.576. The Hall–Kier alpha value is -1.10. The van der Waals surface area contributed by atoms with Crippen LogP contribution in [0.3, 0.4) is 0 Å². The van der Waals surface area contributed by atoms with Gasteiger partial charge in [0.1, 0.15) is 5.54 Å². The molecule has 14 heavy (non-hydrogen) atoms. The summed E-state index contributed by atoms with van der Waals surface area (Å²) in [4.78, 5) is 21.9. The fourth-order valence-corrected chi connectivity index (χ4v) is 3.09. The summed E-state index contributed by atoms with van der Waals surface area (Å²) in [6.07, 6.45) is 1.74. The summed E-state index contributed by atoms with van der Waals surface area (Å²) in [5.74, 6) is -2.93. The first kappa shape index (κ1) is 9.45. The first-order valence-corrected chi connectivity index (χ1v) is 4.72. The van der Waals surface area contributed by atoms with Crippen molar-refractivity contribution in [3.05, 3.63) is 0 Å². The molecular formula is C9H13NO4. The van der Waals surface area contributed by atoms with Gasteiger partial charge in [0, 0.05) is 5.92 Å². The van der Waals surface area contributed by atoms with Crippen LogP contribution in [0.25, 0.3) is 0 Å². The van der Waals surface area contributed by atoms with Crippen molar-refractivity contribution < 1.29 is 19.8 Å². The van der Waals surface area contributed by atoms with Crippen LogP contribution in [0, 0.1) is 17.8 Å². The molecule has 2 aliphatic rings. The molecule has 0 amide bonds. The van der Waals surface area contributed by atoms with Crippen LogP contribution in [-0.2, 0) is 9.59 Å². The molecule has 5 heteroatoms. The molecule has 2 aliphatic carbocycles. The van der Waals surface area contributed by atoms with Gasteiger partial charge in [0.25, 0.3) is 0 Å². The smallest absolute Gasteiger partial charge is 0.324 e. The normalized spacial score (nSPS) is 45.4. The number of carboxylic acids is 2. The molecule has 4 N–H and O–H groups in total. The van der Waals surface area contributed by atoms with E-state index in [2.05, 4.69) is 0 Å². The third-order valence-electron chi connectivity index (χ3n) is 3.73. The molecule has 2 fully saturated rings. The van der Waals surface area contributed by atoms with E-state index in [9.17, 15) is 9.59 Å². The van der Waals surface area contributed by atoms with Gasteiger partial charge in [-0.2, -0.15) is 0 Å². The van der Waals surface area contributed by atoms with Crippen molar-refractivity contribution in [2.45, 2.75) is 24.8 Å². The monoisotopic (exact) mass is 199 g/mol. The third kappa shape index (κ3) is 0.987. The maximum absolute atomic E-state index is 11.0. The molecule has 0 aromatic rings. The van der Waals surface area contributed by atoms with Crippen molar-refractivity contribution in [2.24, 2.45) is 23.5 Å². The maximum atomic E-state index is 11.0. The number of carboxylic acid groups (broad SMARTS) is 2. The van der Waals surface area contributed by atoms with Crippen LogP contribution in [-0.4, -0.2) is 27.7 Å². The highest BCUT2D eigenvalue weighted by Gasteiger charge is 2.61. The minimum Gasteiger partial charge on any atom is -0.481 e. The van der Waals surface area contributed by atoms with Gasteiger partial charge in [-0.25, -0.2) is 0 Å². The van der Waals surface area contributed by atoms with E-state index >= 15 is 0 Å². The fourth-order valence-electron chi connectivity index (χ4n) is 3.09. The van der Waals surface area contributed by atoms with E-state index < -0.39 is 23.4 Å². The van der Waals surface area contributed by atoms with Crippen LogP contribution in [0.15, 0.2) is 0 Å². The lowest BCUT2D eigenvalue weighted by molar-refractivity contribution is -0.147. The summed E-state index contributed by atoms with van der Waals surface area (Å²) in [6, 6.07) is 0. The lowest BCUT2D eigenvalue weighted by Gasteiger charge is -2.29. The molecular weight excluding hydrogens is 186 g/mol. The number of carbonyl (C=O) groups is 2. The van der Waals surface area contributed by atoms with Gasteiger partial charge in [-0.15, -0.1) is 0 Å². The van der Waals surface area contributed by atoms with Crippen molar-refractivity contribution in [3.8, 4) is 0 Å². The Balaban J connectivity index is 2.31. The van der Waals surface area contributed by atoms with E-state index in [0.29, 0.717) is 12.8 Å². The zero-order chi connectivity index (χ0) is 10.5. The standard InChI is InChI=1S/C9H13NO4/c10-9(8(13)14)3-4-1-2-5(9)6(4)7(11)12/h4-6H,1-3,10H2,(H,11,12)(H,13,14)/t4-,5-,6-,9-/m1/s1. The van der Waals surface area contributed by atoms with Crippen LogP contribution < -0.4 is 5.73 Å². The lowest BCUT2D eigenvalue weighted by Crippen LogP contribution is -2.53. The zero-order valence-corrected chi connectivity index (χ0v) is 7.64. The van der Waals surface area contributed by atoms with Crippen LogP contribution in [0.5, 0.6) is 0 Å². The third-order valence-corrected chi connectivity index (χ3v) is 3.73. The molecule has 0 aliphatic heterocycles. The summed E-state index contributed by atoms with van der Waals surface area (Å²) >= 11 is 0. The molecule has 0 heterocycles. The summed E-state index contributed by atoms with van der Waals surface area (Å²) < 4.78 is 0. The SMILES string of the molecule is N[C@]1(C(=O)O)C[C@H]2CC[C@@H]1[C@@H]2C(=O)O. The van der Waals surface area contributed by atoms with Crippen LogP contribution in [0.4, 0.5) is 0 Å². The number of aliphatic carboxylic acids is 2. The molecule has 78 valence electrons. The van der Waals surface area contributed by atoms with Gasteiger partial charge in [-0.1, -0.05) is 0 Å². The second kappa shape index (κ2) is 2.70. The summed E-state index contributed by atoms with van der Waals surface area (Å²) in [5.41, 5.74) is 4.45. The molecule has 5 nitrogen and oxygen atoms in total. The van der Waals surface area contributed by atoms with Crippen molar-refractivity contribution in [2.75, 3.05) is 0 Å². The van der Waals surface area contributed by atoms with Crippen molar-refractivity contribution in [3.63, 3.8) is 0 Å². The molecule has 2 rings (SSSR count). The first-order chi connectivity index (χ1) is 6.47. The Kier molecular flexibility index (Phi) is 1.82. The Morgan fingerprint density at radius 1 is 1.29 bits per heavy atom. The molecule has 0 radical (unpaired) electrons. The van der Waals surface area contributed by atoms with Gasteiger partial charge in [0.2, 0.25) is 0 Å². The number of rotatable bonds is 2. The topological polar surface area (TPSA) is 101 Å². The highest BCUT2D eigenvalue weighted by atomic mass is 16.4. The molecule has 2 bridgehead atoms. The molecule has 4 atom stereocenters. The molecule has 0 unspecified atom stereocenters. The number of hydrogen-bond donors (Lipinski definition) is 3. The van der Waals surface area contributed by atoms with Gasteiger partial charge >= 0.3 is 11.9 Å². The average Bonchev–Trinajstić information content (AvgIpc) is 2.58. The first-order valence-electron chi connectivity index (χ1n) is 4.72. The summed E-state index contributed by atoms with van der Waals surface area (Å²) in [6.45, 7) is 0. The number of hydrogen-bond acceptors (Lipinski definition) is 3. The highest BCUT2D eigenvalue weighted by Crippen LogP contribution is 2.53. The highest BCUT2D eigenvalue weighted by molar-refractivity contribution is 5.83. The minimum absolute atomic E-state index is 0.0430. The van der Waals surface area contributed by atoms with Gasteiger partial charge in [-0.3, -0.25) is 9.59 Å². The van der Waals surface area contributed by atoms with Crippen molar-refractivity contribution >= 4 is 11.9 Å². The fraction of sp³-hybridized carbons (Fsp3) is 0.778. The summed E-state index contributed by atoms with van der Waals surface area (Å²) in [7, 11) is 0. The van der Waals surface area contributed by atoms with Crippen LogP contribution >= 0.6 is 0 Å². The minimum atomic E-state index is -1.30. The number of fused-ring (bicyclic) bond motifs is 2. The van der Waals surface area contributed by atoms with Gasteiger partial charge < -0.3 is 15.9 Å². The maximum Gasteiger partial charge on any atom is 0.324 e. The molecule has 0 aromatic heterocycles. The van der Waals surface area contributed by atoms with E-state index in [-0.39, 0.29) is 11.8 Å². The van der Waals surface area contributed by atoms with E-state index in [1.807, 2.05) is 0 Å². The second-order valence-corrected chi connectivity index (χ2v) is 4.36. The molecule has 0 saturated heterocycles. The predicted octanol–water partition coefficient (Wildman–Crippen LogP) is -0.101. The Morgan fingerprint density at radius 3 is 2.29 bits per heavy atom. The second-order valence-electron chi connectivity index (χ2n) is 4.36. The van der Waals surface area contributed by atoms with Crippen LogP contribution in [0.1, 0.15) is 19.3 Å². The van der Waals surface area contributed by atoms with Gasteiger partial charge in [-0.05, 0) is 25.2 Å². The lowest BCUT2D eigenvalue weighted by atomic mass is 9.81. The zero-order valence-electron chi connectivity index (χ0n) is 7.64. The van der Waals surface area contributed by atoms with Gasteiger partial charge in [0.05, 0.1) is 5.92 Å².